The van der Waals surface area contributed by atoms with E-state index >= 15 is 0 Å². The number of carbonyl (C=O) groups excluding carboxylic acids is 1. The number of aromatic nitrogens is 1. The highest BCUT2D eigenvalue weighted by Crippen LogP contribution is 2.18. The monoisotopic (exact) mass is 278 g/mol. The number of hydrogen-bond acceptors (Lipinski definition) is 4. The molecule has 1 fully saturated rings. The molecule has 1 aromatic heterocycles. The molecule has 1 aliphatic rings. The average molecular weight is 278 g/mol. The summed E-state index contributed by atoms with van der Waals surface area (Å²) in [6, 6.07) is 3.87. The summed E-state index contributed by atoms with van der Waals surface area (Å²) in [6.07, 6.45) is 4.19. The maximum Gasteiger partial charge on any atom is 0.410 e. The van der Waals surface area contributed by atoms with Gasteiger partial charge in [0, 0.05) is 18.9 Å². The van der Waals surface area contributed by atoms with Gasteiger partial charge in [-0.25, -0.2) is 4.79 Å². The van der Waals surface area contributed by atoms with E-state index in [-0.39, 0.29) is 12.2 Å². The topological polar surface area (TPSA) is 51.7 Å². The number of rotatable bonds is 3. The summed E-state index contributed by atoms with van der Waals surface area (Å²) in [6.45, 7) is 7.43. The fourth-order valence-electron chi connectivity index (χ4n) is 2.05. The number of amides is 1. The Hall–Kier alpha value is -1.62. The molecule has 1 amide bonds. The summed E-state index contributed by atoms with van der Waals surface area (Å²) in [7, 11) is 0. The molecule has 20 heavy (non-hydrogen) atoms. The molecule has 5 heteroatoms. The van der Waals surface area contributed by atoms with Crippen LogP contribution >= 0.6 is 0 Å². The first-order valence-corrected chi connectivity index (χ1v) is 6.92. The number of nitrogens with zero attached hydrogens (tertiary/aromatic N) is 2. The molecule has 0 unspecified atom stereocenters. The summed E-state index contributed by atoms with van der Waals surface area (Å²) in [5.74, 6) is 0. The van der Waals surface area contributed by atoms with Crippen LogP contribution in [0.3, 0.4) is 0 Å². The van der Waals surface area contributed by atoms with Gasteiger partial charge in [-0.3, -0.25) is 4.98 Å². The lowest BCUT2D eigenvalue weighted by Crippen LogP contribution is -2.36. The molecule has 110 valence electrons. The van der Waals surface area contributed by atoms with Gasteiger partial charge in [0.05, 0.1) is 19.3 Å². The van der Waals surface area contributed by atoms with Crippen LogP contribution in [0, 0.1) is 0 Å². The Morgan fingerprint density at radius 1 is 1.50 bits per heavy atom. The van der Waals surface area contributed by atoms with E-state index in [9.17, 15) is 4.79 Å². The molecule has 0 aliphatic carbocycles. The van der Waals surface area contributed by atoms with E-state index in [0.29, 0.717) is 19.7 Å². The van der Waals surface area contributed by atoms with E-state index < -0.39 is 5.60 Å². The standard InChI is InChI=1S/C15H22N2O3/c1-15(2,3)20-14(18)17-8-6-13(10-17)19-11-12-5-4-7-16-9-12/h4-5,7,9,13H,6,8,10-11H2,1-3H3/t13-/m0/s1. The molecule has 1 aromatic rings. The second kappa shape index (κ2) is 6.22. The largest absolute Gasteiger partial charge is 0.444 e. The van der Waals surface area contributed by atoms with Crippen LogP contribution in [0.15, 0.2) is 24.5 Å². The molecule has 0 spiro atoms. The second-order valence-corrected chi connectivity index (χ2v) is 6.01. The maximum absolute atomic E-state index is 11.9. The Kier molecular flexibility index (Phi) is 4.60. The molecule has 0 bridgehead atoms. The van der Waals surface area contributed by atoms with E-state index in [1.165, 1.54) is 0 Å². The molecule has 0 N–H and O–H groups in total. The SMILES string of the molecule is CC(C)(C)OC(=O)N1CC[C@H](OCc2cccnc2)C1. The van der Waals surface area contributed by atoms with Crippen molar-refractivity contribution in [1.29, 1.82) is 0 Å². The van der Waals surface area contributed by atoms with Crippen molar-refractivity contribution in [3.8, 4) is 0 Å². The second-order valence-electron chi connectivity index (χ2n) is 6.01. The highest BCUT2D eigenvalue weighted by atomic mass is 16.6. The third-order valence-corrected chi connectivity index (χ3v) is 3.01. The molecule has 5 nitrogen and oxygen atoms in total. The summed E-state index contributed by atoms with van der Waals surface area (Å²) in [5, 5.41) is 0. The van der Waals surface area contributed by atoms with Gasteiger partial charge in [-0.15, -0.1) is 0 Å². The van der Waals surface area contributed by atoms with Crippen molar-refractivity contribution in [1.82, 2.24) is 9.88 Å². The number of carbonyl (C=O) groups is 1. The molecular formula is C15H22N2O3. The third-order valence-electron chi connectivity index (χ3n) is 3.01. The van der Waals surface area contributed by atoms with Crippen LogP contribution in [-0.4, -0.2) is 40.8 Å². The number of hydrogen-bond donors (Lipinski definition) is 0. The van der Waals surface area contributed by atoms with Crippen molar-refractivity contribution in [3.05, 3.63) is 30.1 Å². The highest BCUT2D eigenvalue weighted by Gasteiger charge is 2.30. The fourth-order valence-corrected chi connectivity index (χ4v) is 2.05. The minimum Gasteiger partial charge on any atom is -0.444 e. The number of likely N-dealkylation sites (tertiary alicyclic amines) is 1. The first-order valence-electron chi connectivity index (χ1n) is 6.92. The van der Waals surface area contributed by atoms with Crippen LogP contribution in [0.4, 0.5) is 4.79 Å². The predicted molar refractivity (Wildman–Crippen MR) is 75.2 cm³/mol. The van der Waals surface area contributed by atoms with Gasteiger partial charge in [-0.05, 0) is 38.8 Å². The van der Waals surface area contributed by atoms with Crippen molar-refractivity contribution >= 4 is 6.09 Å². The Labute approximate surface area is 119 Å². The lowest BCUT2D eigenvalue weighted by molar-refractivity contribution is 0.0184. The zero-order chi connectivity index (χ0) is 14.6. The minimum absolute atomic E-state index is 0.0720. The first kappa shape index (κ1) is 14.8. The number of ether oxygens (including phenoxy) is 2. The van der Waals surface area contributed by atoms with Crippen molar-refractivity contribution in [2.24, 2.45) is 0 Å². The molecular weight excluding hydrogens is 256 g/mol. The number of pyridine rings is 1. The molecule has 0 aromatic carbocycles. The minimum atomic E-state index is -0.453. The summed E-state index contributed by atoms with van der Waals surface area (Å²) >= 11 is 0. The molecule has 0 radical (unpaired) electrons. The lowest BCUT2D eigenvalue weighted by Gasteiger charge is -2.24. The van der Waals surface area contributed by atoms with Crippen LogP contribution in [0.2, 0.25) is 0 Å². The van der Waals surface area contributed by atoms with Crippen molar-refractivity contribution in [3.63, 3.8) is 0 Å². The lowest BCUT2D eigenvalue weighted by atomic mass is 10.2. The molecule has 1 aliphatic heterocycles. The third kappa shape index (κ3) is 4.49. The van der Waals surface area contributed by atoms with Crippen LogP contribution in [0.5, 0.6) is 0 Å². The van der Waals surface area contributed by atoms with Gasteiger partial charge in [0.15, 0.2) is 0 Å². The van der Waals surface area contributed by atoms with Crippen molar-refractivity contribution < 1.29 is 14.3 Å². The van der Waals surface area contributed by atoms with Crippen LogP contribution in [-0.2, 0) is 16.1 Å². The van der Waals surface area contributed by atoms with E-state index in [1.807, 2.05) is 32.9 Å². The molecule has 1 atom stereocenters. The van der Waals surface area contributed by atoms with Crippen molar-refractivity contribution in [2.45, 2.75) is 45.5 Å². The molecule has 1 saturated heterocycles. The van der Waals surface area contributed by atoms with Crippen LogP contribution in [0.25, 0.3) is 0 Å². The van der Waals surface area contributed by atoms with Crippen LogP contribution < -0.4 is 0 Å². The van der Waals surface area contributed by atoms with E-state index in [4.69, 9.17) is 9.47 Å². The van der Waals surface area contributed by atoms with E-state index in [1.54, 1.807) is 17.3 Å². The predicted octanol–water partition coefficient (Wildman–Crippen LogP) is 2.61. The van der Waals surface area contributed by atoms with Gasteiger partial charge in [-0.2, -0.15) is 0 Å². The average Bonchev–Trinajstić information content (AvgIpc) is 2.84. The summed E-state index contributed by atoms with van der Waals surface area (Å²) in [4.78, 5) is 17.7. The Morgan fingerprint density at radius 2 is 2.30 bits per heavy atom. The van der Waals surface area contributed by atoms with Gasteiger partial charge >= 0.3 is 6.09 Å². The Bertz CT molecular complexity index is 442. The quantitative estimate of drug-likeness (QED) is 0.853. The Balaban J connectivity index is 1.76. The maximum atomic E-state index is 11.9. The first-order chi connectivity index (χ1) is 9.44. The zero-order valence-corrected chi connectivity index (χ0v) is 12.3. The van der Waals surface area contributed by atoms with Crippen molar-refractivity contribution in [2.75, 3.05) is 13.1 Å². The van der Waals surface area contributed by atoms with E-state index in [0.717, 1.165) is 12.0 Å². The van der Waals surface area contributed by atoms with Gasteiger partial charge in [0.2, 0.25) is 0 Å². The molecule has 2 rings (SSSR count). The Morgan fingerprint density at radius 3 is 2.95 bits per heavy atom. The zero-order valence-electron chi connectivity index (χ0n) is 12.3. The van der Waals surface area contributed by atoms with Gasteiger partial charge in [0.25, 0.3) is 0 Å². The van der Waals surface area contributed by atoms with Crippen LogP contribution in [0.1, 0.15) is 32.8 Å². The van der Waals surface area contributed by atoms with Gasteiger partial charge in [-0.1, -0.05) is 6.07 Å². The summed E-state index contributed by atoms with van der Waals surface area (Å²) < 4.78 is 11.2. The molecule has 0 saturated carbocycles. The summed E-state index contributed by atoms with van der Waals surface area (Å²) in [5.41, 5.74) is 0.592. The highest BCUT2D eigenvalue weighted by molar-refractivity contribution is 5.68. The normalized spacial score (nSPS) is 19.1. The van der Waals surface area contributed by atoms with Gasteiger partial charge < -0.3 is 14.4 Å². The van der Waals surface area contributed by atoms with E-state index in [2.05, 4.69) is 4.98 Å². The smallest absolute Gasteiger partial charge is 0.410 e. The fraction of sp³-hybridized carbons (Fsp3) is 0.600. The van der Waals surface area contributed by atoms with Gasteiger partial charge in [0.1, 0.15) is 5.60 Å². The molecule has 2 heterocycles.